The van der Waals surface area contributed by atoms with E-state index < -0.39 is 11.9 Å². The maximum absolute atomic E-state index is 10.5. The fraction of sp³-hybridized carbons (Fsp3) is 0.412. The van der Waals surface area contributed by atoms with Crippen LogP contribution in [0.5, 0.6) is 0 Å². The molecule has 22 heavy (non-hydrogen) atoms. The van der Waals surface area contributed by atoms with Crippen LogP contribution in [0.3, 0.4) is 0 Å². The third-order valence-corrected chi connectivity index (χ3v) is 3.44. The molecular weight excluding hydrogens is 284 g/mol. The molecule has 0 spiro atoms. The molecule has 0 bridgehead atoms. The van der Waals surface area contributed by atoms with Gasteiger partial charge in [-0.3, -0.25) is 4.79 Å². The lowest BCUT2D eigenvalue weighted by atomic mass is 9.87. The monoisotopic (exact) mass is 304 g/mol. The molecule has 0 heterocycles. The summed E-state index contributed by atoms with van der Waals surface area (Å²) < 4.78 is 5.13. The second-order valence-corrected chi connectivity index (χ2v) is 4.97. The lowest BCUT2D eigenvalue weighted by Gasteiger charge is -2.24. The van der Waals surface area contributed by atoms with E-state index in [0.29, 0.717) is 6.10 Å². The minimum Gasteiger partial charge on any atom is -0.481 e. The van der Waals surface area contributed by atoms with Gasteiger partial charge in [-0.25, -0.2) is 4.79 Å². The molecular formula is C17H20O5. The Morgan fingerprint density at radius 1 is 1.09 bits per heavy atom. The Labute approximate surface area is 129 Å². The Kier molecular flexibility index (Phi) is 7.73. The number of aliphatic carboxylic acids is 2. The smallest absolute Gasteiger partial charge is 0.382 e. The molecule has 5 nitrogen and oxygen atoms in total. The number of carboxylic acids is 2. The lowest BCUT2D eigenvalue weighted by molar-refractivity contribution is -0.143. The third kappa shape index (κ3) is 6.91. The second kappa shape index (κ2) is 9.59. The van der Waals surface area contributed by atoms with Gasteiger partial charge in [0.15, 0.2) is 0 Å². The first-order valence-electron chi connectivity index (χ1n) is 7.08. The van der Waals surface area contributed by atoms with Crippen molar-refractivity contribution in [3.05, 3.63) is 35.9 Å². The number of methoxy groups -OCH3 is 1. The van der Waals surface area contributed by atoms with Crippen LogP contribution in [0.4, 0.5) is 0 Å². The van der Waals surface area contributed by atoms with Crippen LogP contribution in [-0.2, 0) is 14.3 Å². The van der Waals surface area contributed by atoms with Crippen LogP contribution in [0.15, 0.2) is 30.3 Å². The highest BCUT2D eigenvalue weighted by Gasteiger charge is 2.25. The van der Waals surface area contributed by atoms with Crippen molar-refractivity contribution in [1.82, 2.24) is 0 Å². The molecule has 1 aliphatic rings. The minimum absolute atomic E-state index is 0.124. The fourth-order valence-electron chi connectivity index (χ4n) is 2.19. The quantitative estimate of drug-likeness (QED) is 0.820. The van der Waals surface area contributed by atoms with E-state index in [2.05, 4.69) is 5.92 Å². The van der Waals surface area contributed by atoms with Crippen LogP contribution in [0.2, 0.25) is 0 Å². The zero-order chi connectivity index (χ0) is 16.4. The zero-order valence-electron chi connectivity index (χ0n) is 12.5. The highest BCUT2D eigenvalue weighted by atomic mass is 16.5. The van der Waals surface area contributed by atoms with E-state index in [4.69, 9.17) is 14.9 Å². The molecule has 0 saturated heterocycles. The summed E-state index contributed by atoms with van der Waals surface area (Å²) in [5, 5.41) is 16.9. The number of carboxylic acid groups (broad SMARTS) is 2. The molecule has 1 aromatic carbocycles. The van der Waals surface area contributed by atoms with Crippen molar-refractivity contribution >= 4 is 11.9 Å². The topological polar surface area (TPSA) is 83.8 Å². The largest absolute Gasteiger partial charge is 0.481 e. The molecule has 1 saturated carbocycles. The van der Waals surface area contributed by atoms with Crippen molar-refractivity contribution in [2.45, 2.75) is 31.8 Å². The summed E-state index contributed by atoms with van der Waals surface area (Å²) in [7, 11) is 1.69. The normalized spacial score (nSPS) is 19.9. The number of rotatable bonds is 2. The average molecular weight is 304 g/mol. The summed E-state index contributed by atoms with van der Waals surface area (Å²) >= 11 is 0. The number of benzene rings is 1. The summed E-state index contributed by atoms with van der Waals surface area (Å²) in [4.78, 5) is 20.5. The van der Waals surface area contributed by atoms with Gasteiger partial charge in [-0.2, -0.15) is 0 Å². The van der Waals surface area contributed by atoms with Gasteiger partial charge in [-0.15, -0.1) is 0 Å². The number of hydrogen-bond acceptors (Lipinski definition) is 3. The third-order valence-electron chi connectivity index (χ3n) is 3.44. The molecule has 0 amide bonds. The van der Waals surface area contributed by atoms with Gasteiger partial charge in [-0.1, -0.05) is 24.1 Å². The van der Waals surface area contributed by atoms with E-state index in [1.54, 1.807) is 19.2 Å². The van der Waals surface area contributed by atoms with Crippen molar-refractivity contribution in [2.75, 3.05) is 7.11 Å². The number of carbonyl (C=O) groups is 2. The predicted octanol–water partition coefficient (Wildman–Crippen LogP) is 2.40. The summed E-state index contributed by atoms with van der Waals surface area (Å²) in [6, 6.07) is 9.00. The first kappa shape index (κ1) is 17.7. The Hall–Kier alpha value is -2.32. The average Bonchev–Trinajstić information content (AvgIpc) is 2.54. The van der Waals surface area contributed by atoms with Gasteiger partial charge >= 0.3 is 11.9 Å². The minimum atomic E-state index is -1.10. The number of hydrogen-bond donors (Lipinski definition) is 2. The van der Waals surface area contributed by atoms with E-state index in [1.165, 1.54) is 0 Å². The Morgan fingerprint density at radius 2 is 1.68 bits per heavy atom. The van der Waals surface area contributed by atoms with E-state index in [-0.39, 0.29) is 5.92 Å². The van der Waals surface area contributed by atoms with Gasteiger partial charge in [0.25, 0.3) is 0 Å². The first-order valence-corrected chi connectivity index (χ1v) is 7.08. The molecule has 2 N–H and O–H groups in total. The number of ether oxygens (including phenoxy) is 1. The zero-order valence-corrected chi connectivity index (χ0v) is 12.5. The SMILES string of the molecule is COC1CCC(C(=O)O)CC1.O=C(O)C#Cc1ccccc1. The van der Waals surface area contributed by atoms with E-state index in [0.717, 1.165) is 31.2 Å². The Morgan fingerprint density at radius 3 is 2.14 bits per heavy atom. The lowest BCUT2D eigenvalue weighted by Crippen LogP contribution is -2.25. The summed E-state index contributed by atoms with van der Waals surface area (Å²) in [6.07, 6.45) is 3.63. The molecule has 1 fully saturated rings. The van der Waals surface area contributed by atoms with Crippen molar-refractivity contribution < 1.29 is 24.5 Å². The second-order valence-electron chi connectivity index (χ2n) is 4.97. The first-order chi connectivity index (χ1) is 10.5. The molecule has 0 aliphatic heterocycles. The fourth-order valence-corrected chi connectivity index (χ4v) is 2.19. The van der Waals surface area contributed by atoms with E-state index in [1.807, 2.05) is 24.1 Å². The molecule has 0 unspecified atom stereocenters. The molecule has 1 aromatic rings. The van der Waals surface area contributed by atoms with Gasteiger partial charge < -0.3 is 14.9 Å². The molecule has 1 aliphatic carbocycles. The van der Waals surface area contributed by atoms with Gasteiger partial charge in [0, 0.05) is 18.6 Å². The van der Waals surface area contributed by atoms with Gasteiger partial charge in [0.2, 0.25) is 0 Å². The van der Waals surface area contributed by atoms with Crippen molar-refractivity contribution in [3.63, 3.8) is 0 Å². The van der Waals surface area contributed by atoms with Gasteiger partial charge in [-0.05, 0) is 37.8 Å². The van der Waals surface area contributed by atoms with Gasteiger partial charge in [0.05, 0.1) is 12.0 Å². The standard InChI is InChI=1S/C9H6O2.C8H14O3/c10-9(11)7-6-8-4-2-1-3-5-8;1-11-7-4-2-6(3-5-7)8(9)10/h1-5H,(H,10,11);6-7H,2-5H2,1H3,(H,9,10). The predicted molar refractivity (Wildman–Crippen MR) is 81.3 cm³/mol. The molecule has 0 aromatic heterocycles. The Bertz CT molecular complexity index is 533. The van der Waals surface area contributed by atoms with Crippen molar-refractivity contribution in [3.8, 4) is 11.8 Å². The van der Waals surface area contributed by atoms with Crippen LogP contribution < -0.4 is 0 Å². The van der Waals surface area contributed by atoms with Crippen molar-refractivity contribution in [1.29, 1.82) is 0 Å². The van der Waals surface area contributed by atoms with Crippen LogP contribution in [0.25, 0.3) is 0 Å². The molecule has 0 radical (unpaired) electrons. The summed E-state index contributed by atoms with van der Waals surface area (Å²) in [5.74, 6) is 2.64. The van der Waals surface area contributed by atoms with Crippen LogP contribution in [0, 0.1) is 17.8 Å². The highest BCUT2D eigenvalue weighted by molar-refractivity contribution is 5.87. The highest BCUT2D eigenvalue weighted by Crippen LogP contribution is 2.25. The van der Waals surface area contributed by atoms with Crippen LogP contribution in [-0.4, -0.2) is 35.4 Å². The van der Waals surface area contributed by atoms with E-state index >= 15 is 0 Å². The van der Waals surface area contributed by atoms with E-state index in [9.17, 15) is 9.59 Å². The van der Waals surface area contributed by atoms with Crippen LogP contribution in [0.1, 0.15) is 31.2 Å². The summed E-state index contributed by atoms with van der Waals surface area (Å²) in [6.45, 7) is 0. The van der Waals surface area contributed by atoms with Gasteiger partial charge in [0.1, 0.15) is 0 Å². The Balaban J connectivity index is 0.000000220. The molecule has 118 valence electrons. The maximum atomic E-state index is 10.5. The van der Waals surface area contributed by atoms with Crippen molar-refractivity contribution in [2.24, 2.45) is 5.92 Å². The maximum Gasteiger partial charge on any atom is 0.382 e. The molecule has 2 rings (SSSR count). The molecule has 5 heteroatoms. The van der Waals surface area contributed by atoms with Crippen LogP contribution >= 0.6 is 0 Å². The molecule has 0 atom stereocenters. The summed E-state index contributed by atoms with van der Waals surface area (Å²) in [5.41, 5.74) is 0.718.